The SMILES string of the molecule is CCCc1ccc(NC(=O)c2cc(O)ccc2N)cc1. The Kier molecular flexibility index (Phi) is 4.25. The van der Waals surface area contributed by atoms with Crippen molar-refractivity contribution in [1.82, 2.24) is 0 Å². The van der Waals surface area contributed by atoms with Crippen LogP contribution < -0.4 is 11.1 Å². The number of phenolic OH excluding ortho intramolecular Hbond substituents is 1. The van der Waals surface area contributed by atoms with Gasteiger partial charge in [0.05, 0.1) is 5.56 Å². The maximum absolute atomic E-state index is 12.1. The number of phenols is 1. The van der Waals surface area contributed by atoms with Crippen LogP contribution in [0.2, 0.25) is 0 Å². The Morgan fingerprint density at radius 2 is 1.90 bits per heavy atom. The van der Waals surface area contributed by atoms with Crippen LogP contribution in [0.4, 0.5) is 11.4 Å². The molecule has 104 valence electrons. The Labute approximate surface area is 118 Å². The molecule has 0 heterocycles. The molecule has 0 aliphatic heterocycles. The molecule has 0 fully saturated rings. The first-order valence-corrected chi connectivity index (χ1v) is 6.59. The normalized spacial score (nSPS) is 10.2. The van der Waals surface area contributed by atoms with Crippen molar-refractivity contribution in [3.05, 3.63) is 53.6 Å². The minimum absolute atomic E-state index is 0.0163. The fourth-order valence-electron chi connectivity index (χ4n) is 1.98. The monoisotopic (exact) mass is 270 g/mol. The van der Waals surface area contributed by atoms with Crippen molar-refractivity contribution in [1.29, 1.82) is 0 Å². The number of carbonyl (C=O) groups is 1. The van der Waals surface area contributed by atoms with Crippen LogP contribution in [0.3, 0.4) is 0 Å². The molecular weight excluding hydrogens is 252 g/mol. The number of nitrogens with one attached hydrogen (secondary N) is 1. The number of amides is 1. The molecule has 0 radical (unpaired) electrons. The predicted molar refractivity (Wildman–Crippen MR) is 80.9 cm³/mol. The minimum Gasteiger partial charge on any atom is -0.508 e. The van der Waals surface area contributed by atoms with Crippen molar-refractivity contribution in [2.45, 2.75) is 19.8 Å². The van der Waals surface area contributed by atoms with Gasteiger partial charge in [-0.05, 0) is 42.3 Å². The maximum atomic E-state index is 12.1. The lowest BCUT2D eigenvalue weighted by Crippen LogP contribution is -2.13. The third kappa shape index (κ3) is 3.29. The predicted octanol–water partition coefficient (Wildman–Crippen LogP) is 3.18. The van der Waals surface area contributed by atoms with Crippen molar-refractivity contribution in [2.24, 2.45) is 0 Å². The number of hydrogen-bond donors (Lipinski definition) is 3. The molecular formula is C16H18N2O2. The topological polar surface area (TPSA) is 75.3 Å². The van der Waals surface area contributed by atoms with Gasteiger partial charge in [0, 0.05) is 11.4 Å². The molecule has 20 heavy (non-hydrogen) atoms. The molecule has 0 aliphatic carbocycles. The summed E-state index contributed by atoms with van der Waals surface area (Å²) < 4.78 is 0. The van der Waals surface area contributed by atoms with Gasteiger partial charge < -0.3 is 16.2 Å². The number of benzene rings is 2. The number of carbonyl (C=O) groups excluding carboxylic acids is 1. The van der Waals surface area contributed by atoms with E-state index in [4.69, 9.17) is 5.73 Å². The average molecular weight is 270 g/mol. The summed E-state index contributed by atoms with van der Waals surface area (Å²) in [6, 6.07) is 12.0. The van der Waals surface area contributed by atoms with Gasteiger partial charge in [-0.1, -0.05) is 25.5 Å². The second-order valence-electron chi connectivity index (χ2n) is 4.67. The molecule has 0 saturated heterocycles. The van der Waals surface area contributed by atoms with E-state index in [0.717, 1.165) is 12.8 Å². The Balaban J connectivity index is 2.13. The Morgan fingerprint density at radius 1 is 1.20 bits per heavy atom. The van der Waals surface area contributed by atoms with Crippen LogP contribution >= 0.6 is 0 Å². The minimum atomic E-state index is -0.332. The molecule has 0 aromatic heterocycles. The van der Waals surface area contributed by atoms with Gasteiger partial charge in [0.1, 0.15) is 5.75 Å². The first kappa shape index (κ1) is 13.9. The van der Waals surface area contributed by atoms with Gasteiger partial charge in [-0.3, -0.25) is 4.79 Å². The molecule has 2 rings (SSSR count). The van der Waals surface area contributed by atoms with Gasteiger partial charge in [0.25, 0.3) is 5.91 Å². The van der Waals surface area contributed by atoms with Crippen molar-refractivity contribution in [3.8, 4) is 5.75 Å². The fraction of sp³-hybridized carbons (Fsp3) is 0.188. The van der Waals surface area contributed by atoms with E-state index >= 15 is 0 Å². The number of nitrogens with two attached hydrogens (primary N) is 1. The molecule has 0 spiro atoms. The van der Waals surface area contributed by atoms with Crippen LogP contribution in [0.1, 0.15) is 29.3 Å². The van der Waals surface area contributed by atoms with Crippen LogP contribution in [-0.2, 0) is 6.42 Å². The summed E-state index contributed by atoms with van der Waals surface area (Å²) in [7, 11) is 0. The lowest BCUT2D eigenvalue weighted by Gasteiger charge is -2.08. The zero-order chi connectivity index (χ0) is 14.5. The third-order valence-electron chi connectivity index (χ3n) is 3.03. The summed E-state index contributed by atoms with van der Waals surface area (Å²) in [5.74, 6) is -0.315. The summed E-state index contributed by atoms with van der Waals surface area (Å²) >= 11 is 0. The van der Waals surface area contributed by atoms with Gasteiger partial charge in [0.2, 0.25) is 0 Å². The lowest BCUT2D eigenvalue weighted by atomic mass is 10.1. The van der Waals surface area contributed by atoms with Gasteiger partial charge in [-0.15, -0.1) is 0 Å². The molecule has 0 saturated carbocycles. The number of rotatable bonds is 4. The molecule has 4 N–H and O–H groups in total. The summed E-state index contributed by atoms with van der Waals surface area (Å²) in [6.07, 6.45) is 2.11. The zero-order valence-corrected chi connectivity index (χ0v) is 11.4. The van der Waals surface area contributed by atoms with Gasteiger partial charge in [0.15, 0.2) is 0 Å². The first-order chi connectivity index (χ1) is 9.60. The van der Waals surface area contributed by atoms with Gasteiger partial charge in [-0.2, -0.15) is 0 Å². The number of nitrogen functional groups attached to an aromatic ring is 1. The molecule has 0 atom stereocenters. The summed E-state index contributed by atoms with van der Waals surface area (Å²) in [6.45, 7) is 2.13. The van der Waals surface area contributed by atoms with E-state index in [0.29, 0.717) is 11.4 Å². The average Bonchev–Trinajstić information content (AvgIpc) is 2.44. The van der Waals surface area contributed by atoms with Crippen LogP contribution in [-0.4, -0.2) is 11.0 Å². The van der Waals surface area contributed by atoms with Crippen molar-refractivity contribution < 1.29 is 9.90 Å². The zero-order valence-electron chi connectivity index (χ0n) is 11.4. The van der Waals surface area contributed by atoms with E-state index < -0.39 is 0 Å². The van der Waals surface area contributed by atoms with Crippen molar-refractivity contribution in [3.63, 3.8) is 0 Å². The second kappa shape index (κ2) is 6.10. The second-order valence-corrected chi connectivity index (χ2v) is 4.67. The van der Waals surface area contributed by atoms with E-state index in [2.05, 4.69) is 12.2 Å². The number of hydrogen-bond acceptors (Lipinski definition) is 3. The largest absolute Gasteiger partial charge is 0.508 e. The first-order valence-electron chi connectivity index (χ1n) is 6.59. The van der Waals surface area contributed by atoms with Gasteiger partial charge >= 0.3 is 0 Å². The maximum Gasteiger partial charge on any atom is 0.257 e. The summed E-state index contributed by atoms with van der Waals surface area (Å²) in [5, 5.41) is 12.2. The van der Waals surface area contributed by atoms with E-state index in [1.165, 1.54) is 23.8 Å². The molecule has 2 aromatic rings. The lowest BCUT2D eigenvalue weighted by molar-refractivity contribution is 0.102. The van der Waals surface area contributed by atoms with Crippen molar-refractivity contribution >= 4 is 17.3 Å². The van der Waals surface area contributed by atoms with E-state index in [1.807, 2.05) is 24.3 Å². The quantitative estimate of drug-likeness (QED) is 0.590. The summed E-state index contributed by atoms with van der Waals surface area (Å²) in [5.41, 5.74) is 8.28. The molecule has 2 aromatic carbocycles. The molecule has 0 aliphatic rings. The molecule has 1 amide bonds. The smallest absolute Gasteiger partial charge is 0.257 e. The van der Waals surface area contributed by atoms with E-state index in [1.54, 1.807) is 0 Å². The highest BCUT2D eigenvalue weighted by atomic mass is 16.3. The standard InChI is InChI=1S/C16H18N2O2/c1-2-3-11-4-6-12(7-5-11)18-16(20)14-10-13(19)8-9-15(14)17/h4-10,19H,2-3,17H2,1H3,(H,18,20). The number of aromatic hydroxyl groups is 1. The van der Waals surface area contributed by atoms with E-state index in [-0.39, 0.29) is 17.2 Å². The highest BCUT2D eigenvalue weighted by Gasteiger charge is 2.10. The van der Waals surface area contributed by atoms with Crippen molar-refractivity contribution in [2.75, 3.05) is 11.1 Å². The van der Waals surface area contributed by atoms with Crippen LogP contribution in [0, 0.1) is 0 Å². The molecule has 4 heteroatoms. The number of aryl methyl sites for hydroxylation is 1. The molecule has 4 nitrogen and oxygen atoms in total. The summed E-state index contributed by atoms with van der Waals surface area (Å²) in [4.78, 5) is 12.1. The third-order valence-corrected chi connectivity index (χ3v) is 3.03. The number of anilines is 2. The molecule has 0 unspecified atom stereocenters. The molecule has 0 bridgehead atoms. The Bertz CT molecular complexity index is 606. The highest BCUT2D eigenvalue weighted by molar-refractivity contribution is 6.07. The van der Waals surface area contributed by atoms with Crippen LogP contribution in [0.5, 0.6) is 5.75 Å². The van der Waals surface area contributed by atoms with Crippen LogP contribution in [0.15, 0.2) is 42.5 Å². The van der Waals surface area contributed by atoms with Gasteiger partial charge in [-0.25, -0.2) is 0 Å². The highest BCUT2D eigenvalue weighted by Crippen LogP contribution is 2.20. The Morgan fingerprint density at radius 3 is 2.55 bits per heavy atom. The Hall–Kier alpha value is -2.49. The van der Waals surface area contributed by atoms with E-state index in [9.17, 15) is 9.90 Å². The van der Waals surface area contributed by atoms with Crippen LogP contribution in [0.25, 0.3) is 0 Å². The fourth-order valence-corrected chi connectivity index (χ4v) is 1.98.